The molecule has 1 heterocycles. The monoisotopic (exact) mass is 272 g/mol. The number of thiazole rings is 1. The first-order valence-electron chi connectivity index (χ1n) is 4.86. The summed E-state index contributed by atoms with van der Waals surface area (Å²) < 4.78 is 0. The van der Waals surface area contributed by atoms with E-state index in [0.29, 0.717) is 10.0 Å². The van der Waals surface area contributed by atoms with Crippen LogP contribution in [0.15, 0.2) is 24.4 Å². The van der Waals surface area contributed by atoms with Crippen LogP contribution in [0.5, 0.6) is 0 Å². The number of anilines is 1. The molecule has 2 nitrogen and oxygen atoms in total. The van der Waals surface area contributed by atoms with E-state index in [4.69, 9.17) is 23.2 Å². The summed E-state index contributed by atoms with van der Waals surface area (Å²) in [5, 5.41) is 5.23. The van der Waals surface area contributed by atoms with Gasteiger partial charge in [-0.25, -0.2) is 4.98 Å². The standard InChI is InChI=1S/C11H10Cl2N2S/c1-2-14-11-15-6-10(16-11)7-3-4-8(12)9(13)5-7/h3-6H,2H2,1H3,(H,14,15). The van der Waals surface area contributed by atoms with Crippen molar-refractivity contribution in [3.8, 4) is 10.4 Å². The first-order valence-corrected chi connectivity index (χ1v) is 6.43. The fourth-order valence-electron chi connectivity index (χ4n) is 1.29. The second kappa shape index (κ2) is 5.04. The molecule has 0 saturated carbocycles. The fourth-order valence-corrected chi connectivity index (χ4v) is 2.47. The molecular weight excluding hydrogens is 263 g/mol. The van der Waals surface area contributed by atoms with Crippen molar-refractivity contribution in [3.05, 3.63) is 34.4 Å². The number of nitrogens with zero attached hydrogens (tertiary/aromatic N) is 1. The molecule has 0 unspecified atom stereocenters. The molecule has 0 aliphatic heterocycles. The van der Waals surface area contributed by atoms with Gasteiger partial charge in [-0.15, -0.1) is 0 Å². The Bertz CT molecular complexity index is 496. The van der Waals surface area contributed by atoms with Gasteiger partial charge in [0, 0.05) is 12.7 Å². The quantitative estimate of drug-likeness (QED) is 0.887. The maximum absolute atomic E-state index is 5.97. The van der Waals surface area contributed by atoms with E-state index in [2.05, 4.69) is 10.3 Å². The van der Waals surface area contributed by atoms with E-state index in [9.17, 15) is 0 Å². The Kier molecular flexibility index (Phi) is 3.69. The van der Waals surface area contributed by atoms with Gasteiger partial charge in [0.15, 0.2) is 5.13 Å². The Morgan fingerprint density at radius 3 is 2.81 bits per heavy atom. The Labute approximate surface area is 108 Å². The molecule has 1 aromatic heterocycles. The minimum atomic E-state index is 0.567. The first kappa shape index (κ1) is 11.7. The molecule has 2 rings (SSSR count). The van der Waals surface area contributed by atoms with E-state index in [1.807, 2.05) is 25.3 Å². The normalized spacial score (nSPS) is 10.4. The zero-order valence-electron chi connectivity index (χ0n) is 8.63. The lowest BCUT2D eigenvalue weighted by Crippen LogP contribution is -1.94. The average Bonchev–Trinajstić information content (AvgIpc) is 2.71. The SMILES string of the molecule is CCNc1ncc(-c2ccc(Cl)c(Cl)c2)s1. The highest BCUT2D eigenvalue weighted by atomic mass is 35.5. The summed E-state index contributed by atoms with van der Waals surface area (Å²) in [4.78, 5) is 5.34. The second-order valence-electron chi connectivity index (χ2n) is 3.19. The molecule has 2 aromatic rings. The van der Waals surface area contributed by atoms with Gasteiger partial charge in [-0.3, -0.25) is 0 Å². The fraction of sp³-hybridized carbons (Fsp3) is 0.182. The summed E-state index contributed by atoms with van der Waals surface area (Å²) in [5.74, 6) is 0. The van der Waals surface area contributed by atoms with Gasteiger partial charge in [0.1, 0.15) is 0 Å². The molecule has 84 valence electrons. The van der Waals surface area contributed by atoms with Gasteiger partial charge in [-0.1, -0.05) is 40.6 Å². The number of rotatable bonds is 3. The summed E-state index contributed by atoms with van der Waals surface area (Å²) in [6.07, 6.45) is 1.84. The van der Waals surface area contributed by atoms with Gasteiger partial charge >= 0.3 is 0 Å². The molecular formula is C11H10Cl2N2S. The third-order valence-corrected chi connectivity index (χ3v) is 3.78. The maximum atomic E-state index is 5.97. The summed E-state index contributed by atoms with van der Waals surface area (Å²) in [7, 11) is 0. The van der Waals surface area contributed by atoms with E-state index in [0.717, 1.165) is 22.1 Å². The third kappa shape index (κ3) is 2.48. The molecule has 5 heteroatoms. The first-order chi connectivity index (χ1) is 7.70. The predicted molar refractivity (Wildman–Crippen MR) is 71.7 cm³/mol. The van der Waals surface area contributed by atoms with E-state index in [-0.39, 0.29) is 0 Å². The van der Waals surface area contributed by atoms with Gasteiger partial charge in [0.25, 0.3) is 0 Å². The molecule has 16 heavy (non-hydrogen) atoms. The number of benzene rings is 1. The lowest BCUT2D eigenvalue weighted by molar-refractivity contribution is 1.19. The van der Waals surface area contributed by atoms with Crippen LogP contribution < -0.4 is 5.32 Å². The summed E-state index contributed by atoms with van der Waals surface area (Å²) >= 11 is 13.4. The predicted octanol–water partition coefficient (Wildman–Crippen LogP) is 4.55. The molecule has 0 saturated heterocycles. The number of nitrogens with one attached hydrogen (secondary N) is 1. The molecule has 0 amide bonds. The highest BCUT2D eigenvalue weighted by Gasteiger charge is 2.05. The van der Waals surface area contributed by atoms with Gasteiger partial charge < -0.3 is 5.32 Å². The van der Waals surface area contributed by atoms with Crippen molar-refractivity contribution in [1.29, 1.82) is 0 Å². The lowest BCUT2D eigenvalue weighted by Gasteiger charge is -1.99. The van der Waals surface area contributed by atoms with E-state index < -0.39 is 0 Å². The van der Waals surface area contributed by atoms with Crippen molar-refractivity contribution < 1.29 is 0 Å². The van der Waals surface area contributed by atoms with Crippen LogP contribution in [0, 0.1) is 0 Å². The number of aromatic nitrogens is 1. The molecule has 0 spiro atoms. The Balaban J connectivity index is 2.31. The van der Waals surface area contributed by atoms with Crippen LogP contribution in [0.3, 0.4) is 0 Å². The summed E-state index contributed by atoms with van der Waals surface area (Å²) in [5.41, 5.74) is 1.04. The van der Waals surface area contributed by atoms with Crippen LogP contribution >= 0.6 is 34.5 Å². The van der Waals surface area contributed by atoms with Crippen molar-refractivity contribution in [2.45, 2.75) is 6.92 Å². The Hall–Kier alpha value is -0.770. The van der Waals surface area contributed by atoms with Crippen molar-refractivity contribution in [3.63, 3.8) is 0 Å². The van der Waals surface area contributed by atoms with Crippen molar-refractivity contribution in [2.24, 2.45) is 0 Å². The van der Waals surface area contributed by atoms with Crippen LogP contribution in [-0.2, 0) is 0 Å². The number of hydrogen-bond acceptors (Lipinski definition) is 3. The maximum Gasteiger partial charge on any atom is 0.183 e. The van der Waals surface area contributed by atoms with Crippen molar-refractivity contribution in [2.75, 3.05) is 11.9 Å². The van der Waals surface area contributed by atoms with Crippen LogP contribution in [0.1, 0.15) is 6.92 Å². The lowest BCUT2D eigenvalue weighted by atomic mass is 10.2. The molecule has 0 aliphatic rings. The summed E-state index contributed by atoms with van der Waals surface area (Å²) in [6.45, 7) is 2.91. The minimum Gasteiger partial charge on any atom is -0.362 e. The molecule has 0 fully saturated rings. The third-order valence-electron chi connectivity index (χ3n) is 2.04. The average molecular weight is 273 g/mol. The molecule has 0 radical (unpaired) electrons. The number of hydrogen-bond donors (Lipinski definition) is 1. The van der Waals surface area contributed by atoms with Crippen molar-refractivity contribution in [1.82, 2.24) is 4.98 Å². The van der Waals surface area contributed by atoms with Crippen LogP contribution in [-0.4, -0.2) is 11.5 Å². The Morgan fingerprint density at radius 1 is 1.31 bits per heavy atom. The zero-order chi connectivity index (χ0) is 11.5. The van der Waals surface area contributed by atoms with Gasteiger partial charge in [0.2, 0.25) is 0 Å². The smallest absolute Gasteiger partial charge is 0.183 e. The van der Waals surface area contributed by atoms with Gasteiger partial charge in [-0.2, -0.15) is 0 Å². The highest BCUT2D eigenvalue weighted by Crippen LogP contribution is 2.32. The summed E-state index contributed by atoms with van der Waals surface area (Å²) in [6, 6.07) is 5.59. The van der Waals surface area contributed by atoms with Crippen molar-refractivity contribution >= 4 is 39.7 Å². The van der Waals surface area contributed by atoms with Crippen LogP contribution in [0.4, 0.5) is 5.13 Å². The van der Waals surface area contributed by atoms with Crippen LogP contribution in [0.2, 0.25) is 10.0 Å². The van der Waals surface area contributed by atoms with E-state index in [1.165, 1.54) is 0 Å². The zero-order valence-corrected chi connectivity index (χ0v) is 11.0. The van der Waals surface area contributed by atoms with Crippen LogP contribution in [0.25, 0.3) is 10.4 Å². The molecule has 0 atom stereocenters. The second-order valence-corrected chi connectivity index (χ2v) is 5.03. The van der Waals surface area contributed by atoms with E-state index in [1.54, 1.807) is 17.4 Å². The van der Waals surface area contributed by atoms with E-state index >= 15 is 0 Å². The molecule has 1 N–H and O–H groups in total. The molecule has 0 aliphatic carbocycles. The minimum absolute atomic E-state index is 0.567. The number of halogens is 2. The largest absolute Gasteiger partial charge is 0.362 e. The molecule has 0 bridgehead atoms. The topological polar surface area (TPSA) is 24.9 Å². The molecule has 1 aromatic carbocycles. The van der Waals surface area contributed by atoms with Gasteiger partial charge in [0.05, 0.1) is 14.9 Å². The highest BCUT2D eigenvalue weighted by molar-refractivity contribution is 7.18. The van der Waals surface area contributed by atoms with Gasteiger partial charge in [-0.05, 0) is 24.6 Å². The Morgan fingerprint density at radius 2 is 2.12 bits per heavy atom.